The fourth-order valence-corrected chi connectivity index (χ4v) is 3.01. The molecule has 0 radical (unpaired) electrons. The maximum atomic E-state index is 5.65. The SMILES string of the molecule is Cc1nc(N2CCN3CCCC3C2)ncc1CN. The normalized spacial score (nSPS) is 24.3. The number of rotatable bonds is 2. The average molecular weight is 247 g/mol. The van der Waals surface area contributed by atoms with Crippen LogP contribution in [-0.2, 0) is 6.54 Å². The molecule has 5 nitrogen and oxygen atoms in total. The Kier molecular flexibility index (Phi) is 3.18. The highest BCUT2D eigenvalue weighted by atomic mass is 15.3. The summed E-state index contributed by atoms with van der Waals surface area (Å²) in [5, 5.41) is 0. The van der Waals surface area contributed by atoms with Gasteiger partial charge < -0.3 is 10.6 Å². The lowest BCUT2D eigenvalue weighted by atomic mass is 10.1. The molecule has 0 spiro atoms. The zero-order valence-corrected chi connectivity index (χ0v) is 11.0. The summed E-state index contributed by atoms with van der Waals surface area (Å²) in [4.78, 5) is 14.0. The van der Waals surface area contributed by atoms with Crippen molar-refractivity contribution >= 4 is 5.95 Å². The summed E-state index contributed by atoms with van der Waals surface area (Å²) < 4.78 is 0. The van der Waals surface area contributed by atoms with E-state index >= 15 is 0 Å². The summed E-state index contributed by atoms with van der Waals surface area (Å²) in [5.41, 5.74) is 7.70. The molecule has 2 fully saturated rings. The first-order valence-corrected chi connectivity index (χ1v) is 6.79. The second kappa shape index (κ2) is 4.82. The van der Waals surface area contributed by atoms with E-state index < -0.39 is 0 Å². The second-order valence-corrected chi connectivity index (χ2v) is 5.26. The van der Waals surface area contributed by atoms with Gasteiger partial charge in [-0.15, -0.1) is 0 Å². The molecule has 0 saturated carbocycles. The first kappa shape index (κ1) is 11.9. The lowest BCUT2D eigenvalue weighted by Crippen LogP contribution is -2.50. The Morgan fingerprint density at radius 2 is 2.28 bits per heavy atom. The van der Waals surface area contributed by atoms with E-state index in [4.69, 9.17) is 5.73 Å². The minimum Gasteiger partial charge on any atom is -0.338 e. The molecule has 0 aliphatic carbocycles. The molecule has 0 aromatic carbocycles. The van der Waals surface area contributed by atoms with Crippen LogP contribution in [0.5, 0.6) is 0 Å². The summed E-state index contributed by atoms with van der Waals surface area (Å²) in [6.45, 7) is 7.05. The van der Waals surface area contributed by atoms with E-state index in [1.165, 1.54) is 19.4 Å². The molecule has 1 aromatic rings. The third kappa shape index (κ3) is 2.08. The van der Waals surface area contributed by atoms with Crippen molar-refractivity contribution in [2.75, 3.05) is 31.1 Å². The van der Waals surface area contributed by atoms with Crippen molar-refractivity contribution in [2.24, 2.45) is 5.73 Å². The predicted molar refractivity (Wildman–Crippen MR) is 71.5 cm³/mol. The monoisotopic (exact) mass is 247 g/mol. The van der Waals surface area contributed by atoms with Crippen LogP contribution in [0.1, 0.15) is 24.1 Å². The van der Waals surface area contributed by atoms with Gasteiger partial charge in [0.15, 0.2) is 0 Å². The van der Waals surface area contributed by atoms with E-state index in [0.29, 0.717) is 12.6 Å². The van der Waals surface area contributed by atoms with Crippen LogP contribution >= 0.6 is 0 Å². The first-order chi connectivity index (χ1) is 8.78. The van der Waals surface area contributed by atoms with Gasteiger partial charge in [-0.25, -0.2) is 9.97 Å². The third-order valence-electron chi connectivity index (χ3n) is 4.16. The molecular formula is C13H21N5. The van der Waals surface area contributed by atoms with E-state index in [1.54, 1.807) is 0 Å². The number of anilines is 1. The third-order valence-corrected chi connectivity index (χ3v) is 4.16. The number of fused-ring (bicyclic) bond motifs is 1. The Labute approximate surface area is 108 Å². The first-order valence-electron chi connectivity index (χ1n) is 6.79. The van der Waals surface area contributed by atoms with E-state index in [0.717, 1.165) is 36.8 Å². The standard InChI is InChI=1S/C13H21N5/c1-10-11(7-14)8-15-13(16-10)18-6-5-17-4-2-3-12(17)9-18/h8,12H,2-7,9,14H2,1H3. The Bertz CT molecular complexity index is 433. The van der Waals surface area contributed by atoms with Crippen LogP contribution in [-0.4, -0.2) is 47.1 Å². The van der Waals surface area contributed by atoms with Gasteiger partial charge in [0, 0.05) is 49.7 Å². The van der Waals surface area contributed by atoms with Crippen LogP contribution in [0, 0.1) is 6.92 Å². The molecule has 18 heavy (non-hydrogen) atoms. The van der Waals surface area contributed by atoms with E-state index in [2.05, 4.69) is 19.8 Å². The Balaban J connectivity index is 1.76. The highest BCUT2D eigenvalue weighted by molar-refractivity contribution is 5.34. The van der Waals surface area contributed by atoms with E-state index in [-0.39, 0.29) is 0 Å². The number of piperazine rings is 1. The Hall–Kier alpha value is -1.20. The van der Waals surface area contributed by atoms with Gasteiger partial charge in [0.05, 0.1) is 0 Å². The number of nitrogens with zero attached hydrogens (tertiary/aromatic N) is 4. The molecule has 2 aliphatic heterocycles. The van der Waals surface area contributed by atoms with Crippen molar-refractivity contribution in [2.45, 2.75) is 32.4 Å². The summed E-state index contributed by atoms with van der Waals surface area (Å²) in [6, 6.07) is 0.705. The zero-order chi connectivity index (χ0) is 12.5. The number of nitrogens with two attached hydrogens (primary N) is 1. The van der Waals surface area contributed by atoms with Crippen molar-refractivity contribution in [3.63, 3.8) is 0 Å². The summed E-state index contributed by atoms with van der Waals surface area (Å²) in [6.07, 6.45) is 4.53. The predicted octanol–water partition coefficient (Wildman–Crippen LogP) is 0.528. The van der Waals surface area contributed by atoms with Gasteiger partial charge in [0.1, 0.15) is 0 Å². The molecule has 1 aromatic heterocycles. The Morgan fingerprint density at radius 1 is 1.39 bits per heavy atom. The van der Waals surface area contributed by atoms with Crippen LogP contribution in [0.25, 0.3) is 0 Å². The van der Waals surface area contributed by atoms with Crippen LogP contribution in [0.15, 0.2) is 6.20 Å². The minimum atomic E-state index is 0.516. The molecule has 2 saturated heterocycles. The van der Waals surface area contributed by atoms with Gasteiger partial charge in [0.2, 0.25) is 5.95 Å². The van der Waals surface area contributed by atoms with Gasteiger partial charge in [-0.1, -0.05) is 0 Å². The highest BCUT2D eigenvalue weighted by Gasteiger charge is 2.31. The molecule has 3 rings (SSSR count). The van der Waals surface area contributed by atoms with Crippen molar-refractivity contribution in [1.82, 2.24) is 14.9 Å². The van der Waals surface area contributed by atoms with Gasteiger partial charge in [-0.3, -0.25) is 4.90 Å². The molecule has 1 unspecified atom stereocenters. The minimum absolute atomic E-state index is 0.516. The van der Waals surface area contributed by atoms with Crippen molar-refractivity contribution in [1.29, 1.82) is 0 Å². The van der Waals surface area contributed by atoms with Crippen molar-refractivity contribution in [3.05, 3.63) is 17.5 Å². The van der Waals surface area contributed by atoms with Crippen molar-refractivity contribution < 1.29 is 0 Å². The molecule has 2 N–H and O–H groups in total. The fourth-order valence-electron chi connectivity index (χ4n) is 3.01. The number of aromatic nitrogens is 2. The average Bonchev–Trinajstić information content (AvgIpc) is 2.85. The van der Waals surface area contributed by atoms with E-state index in [1.807, 2.05) is 13.1 Å². The van der Waals surface area contributed by atoms with Gasteiger partial charge in [-0.05, 0) is 26.3 Å². The maximum Gasteiger partial charge on any atom is 0.225 e. The highest BCUT2D eigenvalue weighted by Crippen LogP contribution is 2.23. The molecular weight excluding hydrogens is 226 g/mol. The van der Waals surface area contributed by atoms with Gasteiger partial charge in [-0.2, -0.15) is 0 Å². The van der Waals surface area contributed by atoms with Crippen LogP contribution in [0.2, 0.25) is 0 Å². The largest absolute Gasteiger partial charge is 0.338 e. The summed E-state index contributed by atoms with van der Waals surface area (Å²) in [7, 11) is 0. The van der Waals surface area contributed by atoms with Gasteiger partial charge in [0.25, 0.3) is 0 Å². The summed E-state index contributed by atoms with van der Waals surface area (Å²) >= 11 is 0. The van der Waals surface area contributed by atoms with Crippen LogP contribution in [0.3, 0.4) is 0 Å². The smallest absolute Gasteiger partial charge is 0.225 e. The van der Waals surface area contributed by atoms with Gasteiger partial charge >= 0.3 is 0 Å². The molecule has 0 amide bonds. The molecule has 2 aliphatic rings. The molecule has 0 bridgehead atoms. The number of hydrogen-bond acceptors (Lipinski definition) is 5. The topological polar surface area (TPSA) is 58.3 Å². The van der Waals surface area contributed by atoms with E-state index in [9.17, 15) is 0 Å². The quantitative estimate of drug-likeness (QED) is 0.826. The molecule has 98 valence electrons. The summed E-state index contributed by atoms with van der Waals surface area (Å²) in [5.74, 6) is 0.872. The molecule has 5 heteroatoms. The molecule has 1 atom stereocenters. The fraction of sp³-hybridized carbons (Fsp3) is 0.692. The lowest BCUT2D eigenvalue weighted by molar-refractivity contribution is 0.229. The lowest BCUT2D eigenvalue weighted by Gasteiger charge is -2.37. The van der Waals surface area contributed by atoms with Crippen LogP contribution in [0.4, 0.5) is 5.95 Å². The number of hydrogen-bond donors (Lipinski definition) is 1. The Morgan fingerprint density at radius 3 is 3.06 bits per heavy atom. The van der Waals surface area contributed by atoms with Crippen molar-refractivity contribution in [3.8, 4) is 0 Å². The molecule has 3 heterocycles. The second-order valence-electron chi connectivity index (χ2n) is 5.26. The number of aryl methyl sites for hydroxylation is 1. The zero-order valence-electron chi connectivity index (χ0n) is 11.0. The maximum absolute atomic E-state index is 5.65. The van der Waals surface area contributed by atoms with Crippen LogP contribution < -0.4 is 10.6 Å².